The van der Waals surface area contributed by atoms with Gasteiger partial charge in [0, 0.05) is 46.5 Å². The first-order valence-corrected chi connectivity index (χ1v) is 20.1. The highest BCUT2D eigenvalue weighted by atomic mass is 35.5. The Morgan fingerprint density at radius 2 is 1.62 bits per heavy atom. The molecule has 0 radical (unpaired) electrons. The minimum absolute atomic E-state index is 0.113. The van der Waals surface area contributed by atoms with Crippen LogP contribution in [-0.4, -0.2) is 55.9 Å². The molecule has 1 fully saturated rings. The maximum atomic E-state index is 16.4. The van der Waals surface area contributed by atoms with Crippen LogP contribution in [0.4, 0.5) is 21.2 Å². The Hall–Kier alpha value is -4.35. The van der Waals surface area contributed by atoms with Crippen LogP contribution in [0.5, 0.6) is 0 Å². The first kappa shape index (κ1) is 35.5. The molecule has 260 valence electrons. The van der Waals surface area contributed by atoms with Gasteiger partial charge in [-0.05, 0) is 66.7 Å². The highest BCUT2D eigenvalue weighted by Gasteiger charge is 2.67. The van der Waals surface area contributed by atoms with E-state index in [4.69, 9.17) is 16.3 Å². The Kier molecular flexibility index (Phi) is 10.3. The average Bonchev–Trinajstić information content (AvgIpc) is 3.52. The van der Waals surface area contributed by atoms with Crippen LogP contribution in [0.1, 0.15) is 30.0 Å². The lowest BCUT2D eigenvalue weighted by atomic mass is 9.82. The fraction of sp³-hybridized carbons (Fsp3) is 0.308. The second kappa shape index (κ2) is 14.5. The van der Waals surface area contributed by atoms with E-state index >= 15 is 4.11 Å². The number of nitrogens with zero attached hydrogens (tertiary/aromatic N) is 3. The predicted octanol–water partition coefficient (Wildman–Crippen LogP) is 7.37. The topological polar surface area (TPSA) is 90.4 Å². The van der Waals surface area contributed by atoms with Crippen LogP contribution >= 0.6 is 11.6 Å². The molecule has 4 aromatic carbocycles. The average molecular weight is 714 g/mol. The largest absolute Gasteiger partial charge is 0.395 e. The molecule has 0 saturated carbocycles. The van der Waals surface area contributed by atoms with Crippen molar-refractivity contribution in [3.63, 3.8) is 0 Å². The van der Waals surface area contributed by atoms with Gasteiger partial charge in [-0.15, -0.1) is 0 Å². The zero-order chi connectivity index (χ0) is 35.6. The summed E-state index contributed by atoms with van der Waals surface area (Å²) in [5, 5.41) is 10.2. The first-order chi connectivity index (χ1) is 24.0. The number of anilines is 3. The zero-order valence-electron chi connectivity index (χ0n) is 28.3. The molecular weight excluding hydrogens is 673 g/mol. The molecule has 2 heterocycles. The van der Waals surface area contributed by atoms with E-state index in [1.54, 1.807) is 41.1 Å². The van der Waals surface area contributed by atoms with E-state index < -0.39 is 31.6 Å². The van der Waals surface area contributed by atoms with E-state index in [0.717, 1.165) is 23.2 Å². The fourth-order valence-electron chi connectivity index (χ4n) is 7.70. The lowest BCUT2D eigenvalue weighted by molar-refractivity contribution is -0.150. The van der Waals surface area contributed by atoms with Crippen molar-refractivity contribution in [1.29, 1.82) is 0 Å². The van der Waals surface area contributed by atoms with Gasteiger partial charge >= 0.3 is 0 Å². The second-order valence-corrected chi connectivity index (χ2v) is 17.8. The Morgan fingerprint density at radius 3 is 2.24 bits per heavy atom. The van der Waals surface area contributed by atoms with Crippen LogP contribution < -0.4 is 9.80 Å². The van der Waals surface area contributed by atoms with Crippen molar-refractivity contribution in [3.8, 4) is 0 Å². The number of rotatable bonds is 12. The molecule has 1 saturated heterocycles. The highest BCUT2D eigenvalue weighted by Crippen LogP contribution is 2.60. The third kappa shape index (κ3) is 6.73. The fourth-order valence-corrected chi connectivity index (χ4v) is 10.4. The molecule has 4 atom stereocenters. The minimum Gasteiger partial charge on any atom is -0.395 e. The van der Waals surface area contributed by atoms with Crippen LogP contribution in [0.25, 0.3) is 0 Å². The van der Waals surface area contributed by atoms with Gasteiger partial charge in [-0.2, -0.15) is 0 Å². The van der Waals surface area contributed by atoms with Gasteiger partial charge in [0.1, 0.15) is 0 Å². The van der Waals surface area contributed by atoms with Crippen molar-refractivity contribution in [3.05, 3.63) is 125 Å². The SMILES string of the molecule is C[C@H]1[C@H]([Si](C)(C)F)[C@@H](CC(=O)N(CCO)Cc2ccccc2)O[C@]12C(=O)N(Cc1ccc(N(C=O)c3ccccc3)cc1)c1ccc(Cl)cc12. The summed E-state index contributed by atoms with van der Waals surface area (Å²) in [7, 11) is -3.53. The van der Waals surface area contributed by atoms with E-state index in [1.807, 2.05) is 91.9 Å². The first-order valence-electron chi connectivity index (χ1n) is 16.8. The second-order valence-electron chi connectivity index (χ2n) is 13.5. The van der Waals surface area contributed by atoms with Crippen molar-refractivity contribution in [2.45, 2.75) is 56.8 Å². The molecule has 2 aliphatic heterocycles. The minimum atomic E-state index is -3.53. The molecular formula is C39H41ClFN3O5Si. The summed E-state index contributed by atoms with van der Waals surface area (Å²) >= 11 is 6.53. The van der Waals surface area contributed by atoms with Crippen molar-refractivity contribution in [2.24, 2.45) is 5.92 Å². The molecule has 1 N–H and O–H groups in total. The molecule has 6 rings (SSSR count). The molecule has 8 nitrogen and oxygen atoms in total. The Bertz CT molecular complexity index is 1840. The third-order valence-corrected chi connectivity index (χ3v) is 12.6. The lowest BCUT2D eigenvalue weighted by Gasteiger charge is -2.31. The van der Waals surface area contributed by atoms with E-state index in [-0.39, 0.29) is 44.5 Å². The molecule has 0 aromatic heterocycles. The van der Waals surface area contributed by atoms with Crippen molar-refractivity contribution in [1.82, 2.24) is 4.90 Å². The normalized spacial score (nSPS) is 21.4. The molecule has 2 aliphatic rings. The number of para-hydroxylation sites is 1. The number of halogens is 2. The summed E-state index contributed by atoms with van der Waals surface area (Å²) in [6, 6.07) is 31.4. The van der Waals surface area contributed by atoms with E-state index in [0.29, 0.717) is 22.0 Å². The molecule has 0 bridgehead atoms. The number of hydrogen-bond donors (Lipinski definition) is 1. The summed E-state index contributed by atoms with van der Waals surface area (Å²) < 4.78 is 23.1. The number of carbonyl (C=O) groups is 3. The summed E-state index contributed by atoms with van der Waals surface area (Å²) in [4.78, 5) is 45.3. The number of amides is 3. The van der Waals surface area contributed by atoms with Crippen LogP contribution in [0, 0.1) is 5.92 Å². The van der Waals surface area contributed by atoms with Gasteiger partial charge in [0.05, 0.1) is 31.4 Å². The summed E-state index contributed by atoms with van der Waals surface area (Å²) in [6.45, 7) is 5.41. The molecule has 4 aromatic rings. The highest BCUT2D eigenvalue weighted by molar-refractivity contribution is 6.72. The summed E-state index contributed by atoms with van der Waals surface area (Å²) in [5.41, 5.74) is 2.07. The smallest absolute Gasteiger partial charge is 0.264 e. The molecule has 3 amide bonds. The van der Waals surface area contributed by atoms with Crippen LogP contribution in [0.3, 0.4) is 0 Å². The van der Waals surface area contributed by atoms with E-state index in [1.165, 1.54) is 4.90 Å². The molecule has 1 spiro atoms. The molecule has 0 aliphatic carbocycles. The zero-order valence-corrected chi connectivity index (χ0v) is 30.1. The number of aliphatic hydroxyl groups excluding tert-OH is 1. The van der Waals surface area contributed by atoms with Gasteiger partial charge in [-0.25, -0.2) is 0 Å². The van der Waals surface area contributed by atoms with Crippen LogP contribution in [0.15, 0.2) is 103 Å². The molecule has 11 heteroatoms. The van der Waals surface area contributed by atoms with Crippen molar-refractivity contribution < 1.29 is 28.3 Å². The maximum absolute atomic E-state index is 16.4. The van der Waals surface area contributed by atoms with Gasteiger partial charge < -0.3 is 23.8 Å². The standard InChI is InChI=1S/C39H41ClFN3O5Si/c1-27-37(50(2,3)41)35(23-36(47)42(20-21-45)24-28-10-6-4-7-11-28)49-39(27)33-22-30(40)16-19-34(33)43(38(39)48)25-29-14-17-32(18-15-29)44(26-46)31-12-8-5-9-13-31/h4-19,22,26-27,35,37,45H,20-21,23-25H2,1-3H3/t27-,35+,37-,39+/m0/s1. The Labute approximate surface area is 298 Å². The Balaban J connectivity index is 1.30. The van der Waals surface area contributed by atoms with E-state index in [2.05, 4.69) is 0 Å². The summed E-state index contributed by atoms with van der Waals surface area (Å²) in [5.74, 6) is -1.22. The van der Waals surface area contributed by atoms with Crippen molar-refractivity contribution >= 4 is 55.3 Å². The third-order valence-electron chi connectivity index (χ3n) is 9.93. The number of fused-ring (bicyclic) bond motifs is 2. The van der Waals surface area contributed by atoms with E-state index in [9.17, 15) is 19.5 Å². The van der Waals surface area contributed by atoms with Crippen LogP contribution in [-0.2, 0) is 37.8 Å². The van der Waals surface area contributed by atoms with Gasteiger partial charge in [0.25, 0.3) is 5.91 Å². The maximum Gasteiger partial charge on any atom is 0.264 e. The predicted molar refractivity (Wildman–Crippen MR) is 195 cm³/mol. The monoisotopic (exact) mass is 713 g/mol. The number of ether oxygens (including phenoxy) is 1. The molecule has 0 unspecified atom stereocenters. The van der Waals surface area contributed by atoms with Gasteiger partial charge in [-0.3, -0.25) is 19.3 Å². The van der Waals surface area contributed by atoms with Gasteiger partial charge in [0.2, 0.25) is 20.7 Å². The number of carbonyl (C=O) groups excluding carboxylic acids is 3. The molecule has 50 heavy (non-hydrogen) atoms. The lowest BCUT2D eigenvalue weighted by Crippen LogP contribution is -2.45. The van der Waals surface area contributed by atoms with Gasteiger partial charge in [0.15, 0.2) is 5.60 Å². The number of hydrogen-bond acceptors (Lipinski definition) is 5. The Morgan fingerprint density at radius 1 is 0.980 bits per heavy atom. The van der Waals surface area contributed by atoms with Crippen LogP contribution in [0.2, 0.25) is 23.7 Å². The number of benzene rings is 4. The number of aliphatic hydroxyl groups is 1. The van der Waals surface area contributed by atoms with Gasteiger partial charge in [-0.1, -0.05) is 79.2 Å². The van der Waals surface area contributed by atoms with Crippen molar-refractivity contribution in [2.75, 3.05) is 23.0 Å². The summed E-state index contributed by atoms with van der Waals surface area (Å²) in [6.07, 6.45) is -0.249. The quantitative estimate of drug-likeness (QED) is 0.0941.